The molecule has 0 aromatic heterocycles. The molecule has 0 aliphatic carbocycles. The Kier molecular flexibility index (Phi) is 34.9. The van der Waals surface area contributed by atoms with Gasteiger partial charge in [0.15, 0.2) is 0 Å². The topological polar surface area (TPSA) is 37.3 Å². The average molecular weight is 439 g/mol. The van der Waals surface area contributed by atoms with E-state index in [-0.39, 0.29) is 54.8 Å². The van der Waals surface area contributed by atoms with Gasteiger partial charge >= 0.3 is 43.7 Å². The number of unbranched alkanes of at least 4 members (excludes halogenated alkanes) is 18. The van der Waals surface area contributed by atoms with Crippen molar-refractivity contribution in [1.29, 1.82) is 0 Å². The third-order valence-corrected chi connectivity index (χ3v) is 4.99. The summed E-state index contributed by atoms with van der Waals surface area (Å²) in [5.41, 5.74) is 0. The molecule has 0 amide bonds. The predicted molar refractivity (Wildman–Crippen MR) is 114 cm³/mol. The molecule has 0 fully saturated rings. The smallest absolute Gasteiger partial charge is 0 e. The van der Waals surface area contributed by atoms with E-state index >= 15 is 0 Å². The Morgan fingerprint density at radius 2 is 0.769 bits per heavy atom. The Balaban J connectivity index is -0.00000264. The number of carboxylic acids is 1. The van der Waals surface area contributed by atoms with Gasteiger partial charge in [0.25, 0.3) is 0 Å². The number of hydrogen-bond acceptors (Lipinski definition) is 1. The zero-order valence-electron chi connectivity index (χ0n) is 16.9. The van der Waals surface area contributed by atoms with Crippen LogP contribution in [-0.4, -0.2) is 48.8 Å². The molecule has 0 saturated carbocycles. The first-order valence-corrected chi connectivity index (χ1v) is 11.0. The van der Waals surface area contributed by atoms with Crippen LogP contribution >= 0.6 is 0 Å². The van der Waals surface area contributed by atoms with Crippen molar-refractivity contribution in [2.24, 2.45) is 0 Å². The number of aliphatic carboxylic acids is 1. The van der Waals surface area contributed by atoms with Crippen molar-refractivity contribution >= 4 is 43.7 Å². The first-order valence-electron chi connectivity index (χ1n) is 11.0. The van der Waals surface area contributed by atoms with E-state index in [0.29, 0.717) is 6.42 Å². The van der Waals surface area contributed by atoms with Gasteiger partial charge in [0.05, 0.1) is 0 Å². The van der Waals surface area contributed by atoms with Crippen LogP contribution in [0.5, 0.6) is 0 Å². The summed E-state index contributed by atoms with van der Waals surface area (Å²) in [5.74, 6) is -0.651. The molecule has 0 aromatic carbocycles. The molecule has 0 atom stereocenters. The van der Waals surface area contributed by atoms with Crippen molar-refractivity contribution < 1.29 is 27.0 Å². The number of rotatable bonds is 20. The fourth-order valence-corrected chi connectivity index (χ4v) is 3.35. The number of carboxylic acid groups (broad SMARTS) is 1. The Hall–Kier alpha value is 1.25. The molecule has 0 heterocycles. The SMILES string of the molecule is CCCCCCCCCCCCCCCCCCCCCC(=O)O.[CaH2].[Fe]. The molecule has 0 saturated heterocycles. The summed E-state index contributed by atoms with van der Waals surface area (Å²) >= 11 is 0. The molecule has 0 rings (SSSR count). The van der Waals surface area contributed by atoms with E-state index in [1.807, 2.05) is 0 Å². The van der Waals surface area contributed by atoms with Crippen LogP contribution in [-0.2, 0) is 21.9 Å². The van der Waals surface area contributed by atoms with Crippen LogP contribution in [0.3, 0.4) is 0 Å². The van der Waals surface area contributed by atoms with Crippen LogP contribution in [0, 0.1) is 0 Å². The summed E-state index contributed by atoms with van der Waals surface area (Å²) in [6.07, 6.45) is 26.1. The molecule has 0 radical (unpaired) electrons. The molecule has 0 spiro atoms. The second-order valence-corrected chi connectivity index (χ2v) is 7.51. The van der Waals surface area contributed by atoms with Gasteiger partial charge in [-0.3, -0.25) is 4.79 Å². The van der Waals surface area contributed by atoms with Gasteiger partial charge in [-0.1, -0.05) is 122 Å². The zero-order chi connectivity index (χ0) is 17.7. The van der Waals surface area contributed by atoms with Crippen LogP contribution in [0.4, 0.5) is 0 Å². The van der Waals surface area contributed by atoms with E-state index in [0.717, 1.165) is 12.8 Å². The molecule has 156 valence electrons. The van der Waals surface area contributed by atoms with Crippen molar-refractivity contribution in [2.45, 2.75) is 135 Å². The third kappa shape index (κ3) is 30.0. The van der Waals surface area contributed by atoms with E-state index in [1.54, 1.807) is 0 Å². The second-order valence-electron chi connectivity index (χ2n) is 7.51. The van der Waals surface area contributed by atoms with E-state index in [2.05, 4.69) is 6.92 Å². The van der Waals surface area contributed by atoms with Crippen molar-refractivity contribution in [2.75, 3.05) is 0 Å². The minimum absolute atomic E-state index is 0. The molecule has 4 heteroatoms. The zero-order valence-corrected chi connectivity index (χ0v) is 18.0. The molecule has 1 N–H and O–H groups in total. The molecule has 0 bridgehead atoms. The van der Waals surface area contributed by atoms with Crippen LogP contribution in [0.25, 0.3) is 0 Å². The molecule has 2 nitrogen and oxygen atoms in total. The van der Waals surface area contributed by atoms with Gasteiger partial charge in [-0.05, 0) is 6.42 Å². The first-order chi connectivity index (χ1) is 11.8. The van der Waals surface area contributed by atoms with Gasteiger partial charge in [0.1, 0.15) is 0 Å². The van der Waals surface area contributed by atoms with E-state index in [1.165, 1.54) is 109 Å². The normalized spacial score (nSPS) is 10.2. The van der Waals surface area contributed by atoms with Gasteiger partial charge in [-0.2, -0.15) is 0 Å². The first kappa shape index (κ1) is 31.9. The van der Waals surface area contributed by atoms with Gasteiger partial charge in [-0.25, -0.2) is 0 Å². The largest absolute Gasteiger partial charge is 0 e. The van der Waals surface area contributed by atoms with Crippen LogP contribution in [0.1, 0.15) is 135 Å². The standard InChI is InChI=1S/C22H44O2.Ca.Fe.2H/c1-2-3-4-5-6-7-8-9-10-11-12-13-14-15-16-17-18-19-20-21-22(23)24;;;;/h2-21H2,1H3,(H,23,24);;;;. The van der Waals surface area contributed by atoms with Crippen LogP contribution in [0.2, 0.25) is 0 Å². The van der Waals surface area contributed by atoms with E-state index in [9.17, 15) is 4.79 Å². The van der Waals surface area contributed by atoms with Gasteiger partial charge < -0.3 is 5.11 Å². The van der Waals surface area contributed by atoms with Crippen molar-refractivity contribution in [3.05, 3.63) is 0 Å². The summed E-state index contributed by atoms with van der Waals surface area (Å²) in [5, 5.41) is 8.56. The van der Waals surface area contributed by atoms with Crippen LogP contribution in [0.15, 0.2) is 0 Å². The average Bonchev–Trinajstić information content (AvgIpc) is 2.56. The maximum Gasteiger partial charge on any atom is 0 e. The van der Waals surface area contributed by atoms with Crippen molar-refractivity contribution in [3.8, 4) is 0 Å². The molecule has 26 heavy (non-hydrogen) atoms. The number of carbonyl (C=O) groups is 1. The predicted octanol–water partition coefficient (Wildman–Crippen LogP) is 6.97. The van der Waals surface area contributed by atoms with Gasteiger partial charge in [0.2, 0.25) is 0 Å². The fraction of sp³-hybridized carbons (Fsp3) is 0.955. The number of hydrogen-bond donors (Lipinski definition) is 1. The summed E-state index contributed by atoms with van der Waals surface area (Å²) in [6.45, 7) is 2.28. The van der Waals surface area contributed by atoms with E-state index < -0.39 is 5.97 Å². The molecule has 0 aromatic rings. The molecule has 0 aliphatic heterocycles. The third-order valence-electron chi connectivity index (χ3n) is 4.99. The van der Waals surface area contributed by atoms with Crippen molar-refractivity contribution in [1.82, 2.24) is 0 Å². The minimum Gasteiger partial charge on any atom is 0 e. The quantitative estimate of drug-likeness (QED) is 0.165. The summed E-state index contributed by atoms with van der Waals surface area (Å²) < 4.78 is 0. The van der Waals surface area contributed by atoms with Crippen molar-refractivity contribution in [3.63, 3.8) is 0 Å². The summed E-state index contributed by atoms with van der Waals surface area (Å²) in [6, 6.07) is 0. The van der Waals surface area contributed by atoms with Crippen LogP contribution < -0.4 is 0 Å². The Labute approximate surface area is 204 Å². The summed E-state index contributed by atoms with van der Waals surface area (Å²) in [7, 11) is 0. The maximum atomic E-state index is 10.4. The molecule has 0 unspecified atom stereocenters. The van der Waals surface area contributed by atoms with Gasteiger partial charge in [-0.15, -0.1) is 0 Å². The molecular weight excluding hydrogens is 392 g/mol. The fourth-order valence-electron chi connectivity index (χ4n) is 3.35. The summed E-state index contributed by atoms with van der Waals surface area (Å²) in [4.78, 5) is 10.4. The Bertz CT molecular complexity index is 263. The minimum atomic E-state index is -0.651. The molecular formula is C22H46CaFeO2. The maximum absolute atomic E-state index is 10.4. The van der Waals surface area contributed by atoms with E-state index in [4.69, 9.17) is 5.11 Å². The Morgan fingerprint density at radius 1 is 0.538 bits per heavy atom. The molecule has 0 aliphatic rings. The monoisotopic (exact) mass is 438 g/mol. The second kappa shape index (κ2) is 28.5. The Morgan fingerprint density at radius 3 is 1.00 bits per heavy atom. The van der Waals surface area contributed by atoms with Gasteiger partial charge in [0, 0.05) is 23.5 Å².